The molecule has 18 heavy (non-hydrogen) atoms. The summed E-state index contributed by atoms with van der Waals surface area (Å²) in [4.78, 5) is 0. The summed E-state index contributed by atoms with van der Waals surface area (Å²) in [6.07, 6.45) is 4.97. The second kappa shape index (κ2) is 8.49. The van der Waals surface area contributed by atoms with Crippen LogP contribution in [0.1, 0.15) is 45.1 Å². The minimum Gasteiger partial charge on any atom is -0.312 e. The van der Waals surface area contributed by atoms with Crippen molar-refractivity contribution in [1.29, 1.82) is 0 Å². The first-order valence-electron chi connectivity index (χ1n) is 6.82. The fourth-order valence-electron chi connectivity index (χ4n) is 2.04. The highest BCUT2D eigenvalue weighted by Gasteiger charge is 2.08. The number of unbranched alkanes of at least 4 members (excludes halogenated alkanes) is 1. The maximum atomic E-state index is 13.2. The average molecular weight is 272 g/mol. The molecule has 0 spiro atoms. The molecule has 1 nitrogen and oxygen atoms in total. The Bertz CT molecular complexity index is 354. The highest BCUT2D eigenvalue weighted by molar-refractivity contribution is 6.31. The summed E-state index contributed by atoms with van der Waals surface area (Å²) < 4.78 is 13.2. The first kappa shape index (κ1) is 15.5. The third kappa shape index (κ3) is 4.95. The average Bonchev–Trinajstić information content (AvgIpc) is 2.38. The Morgan fingerprint density at radius 3 is 2.78 bits per heavy atom. The van der Waals surface area contributed by atoms with E-state index in [0.717, 1.165) is 12.1 Å². The van der Waals surface area contributed by atoms with Crippen LogP contribution in [-0.4, -0.2) is 6.54 Å². The van der Waals surface area contributed by atoms with Gasteiger partial charge in [-0.2, -0.15) is 0 Å². The van der Waals surface area contributed by atoms with E-state index in [-0.39, 0.29) is 10.8 Å². The summed E-state index contributed by atoms with van der Waals surface area (Å²) in [6.45, 7) is 6.05. The first-order valence-corrected chi connectivity index (χ1v) is 7.20. The number of benzene rings is 1. The van der Waals surface area contributed by atoms with Gasteiger partial charge >= 0.3 is 0 Å². The molecule has 3 heteroatoms. The van der Waals surface area contributed by atoms with Gasteiger partial charge in [-0.05, 0) is 30.5 Å². The van der Waals surface area contributed by atoms with Crippen molar-refractivity contribution < 1.29 is 4.39 Å². The lowest BCUT2D eigenvalue weighted by Crippen LogP contribution is -2.22. The summed E-state index contributed by atoms with van der Waals surface area (Å²) in [5, 5.41) is 3.62. The van der Waals surface area contributed by atoms with Gasteiger partial charge in [-0.15, -0.1) is 0 Å². The Morgan fingerprint density at radius 2 is 2.11 bits per heavy atom. The molecule has 1 rings (SSSR count). The van der Waals surface area contributed by atoms with Gasteiger partial charge in [-0.25, -0.2) is 4.39 Å². The second-order valence-electron chi connectivity index (χ2n) is 4.76. The molecule has 0 fully saturated rings. The predicted molar refractivity (Wildman–Crippen MR) is 76.4 cm³/mol. The van der Waals surface area contributed by atoms with E-state index in [1.54, 1.807) is 6.07 Å². The van der Waals surface area contributed by atoms with Crippen LogP contribution in [-0.2, 0) is 6.54 Å². The molecular weight excluding hydrogens is 249 g/mol. The molecule has 1 atom stereocenters. The Kier molecular flexibility index (Phi) is 7.29. The van der Waals surface area contributed by atoms with E-state index in [1.807, 2.05) is 6.07 Å². The summed E-state index contributed by atoms with van der Waals surface area (Å²) >= 11 is 5.91. The van der Waals surface area contributed by atoms with Crippen molar-refractivity contribution >= 4 is 11.6 Å². The van der Waals surface area contributed by atoms with Crippen LogP contribution in [0.25, 0.3) is 0 Å². The predicted octanol–water partition coefficient (Wildman–Crippen LogP) is 4.79. The van der Waals surface area contributed by atoms with E-state index < -0.39 is 0 Å². The molecular formula is C15H23ClFN. The van der Waals surface area contributed by atoms with Crippen molar-refractivity contribution in [3.05, 3.63) is 34.6 Å². The Labute approximate surface area is 115 Å². The molecule has 0 radical (unpaired) electrons. The van der Waals surface area contributed by atoms with Gasteiger partial charge in [0.1, 0.15) is 5.82 Å². The lowest BCUT2D eigenvalue weighted by molar-refractivity contribution is 0.419. The van der Waals surface area contributed by atoms with Gasteiger partial charge in [-0.1, -0.05) is 56.8 Å². The minimum atomic E-state index is -0.339. The van der Waals surface area contributed by atoms with E-state index in [1.165, 1.54) is 31.7 Å². The van der Waals surface area contributed by atoms with Gasteiger partial charge in [0.15, 0.2) is 0 Å². The molecule has 0 saturated carbocycles. The standard InChI is InChI=1S/C15H23ClFN/c1-3-5-7-12(4-2)10-18-11-13-8-6-9-14(17)15(13)16/h6,8-9,12,18H,3-5,7,10-11H2,1-2H3. The molecule has 0 bridgehead atoms. The van der Waals surface area contributed by atoms with Gasteiger partial charge in [0.05, 0.1) is 5.02 Å². The van der Waals surface area contributed by atoms with Crippen molar-refractivity contribution in [2.24, 2.45) is 5.92 Å². The highest BCUT2D eigenvalue weighted by Crippen LogP contribution is 2.19. The van der Waals surface area contributed by atoms with Crippen LogP contribution in [0.3, 0.4) is 0 Å². The van der Waals surface area contributed by atoms with Crippen LogP contribution in [0.5, 0.6) is 0 Å². The summed E-state index contributed by atoms with van der Waals surface area (Å²) in [7, 11) is 0. The maximum Gasteiger partial charge on any atom is 0.142 e. The van der Waals surface area contributed by atoms with Crippen LogP contribution < -0.4 is 5.32 Å². The second-order valence-corrected chi connectivity index (χ2v) is 5.14. The largest absolute Gasteiger partial charge is 0.312 e. The smallest absolute Gasteiger partial charge is 0.142 e. The Balaban J connectivity index is 2.38. The van der Waals surface area contributed by atoms with Crippen molar-refractivity contribution in [2.75, 3.05) is 6.54 Å². The van der Waals surface area contributed by atoms with E-state index >= 15 is 0 Å². The molecule has 1 N–H and O–H groups in total. The molecule has 0 heterocycles. The van der Waals surface area contributed by atoms with E-state index in [4.69, 9.17) is 11.6 Å². The maximum absolute atomic E-state index is 13.2. The van der Waals surface area contributed by atoms with E-state index in [2.05, 4.69) is 19.2 Å². The van der Waals surface area contributed by atoms with Crippen LogP contribution in [0.15, 0.2) is 18.2 Å². The molecule has 1 aromatic carbocycles. The number of hydrogen-bond acceptors (Lipinski definition) is 1. The van der Waals surface area contributed by atoms with Crippen molar-refractivity contribution in [2.45, 2.75) is 46.1 Å². The van der Waals surface area contributed by atoms with E-state index in [0.29, 0.717) is 12.5 Å². The van der Waals surface area contributed by atoms with Crippen LogP contribution in [0.4, 0.5) is 4.39 Å². The SMILES string of the molecule is CCCCC(CC)CNCc1cccc(F)c1Cl. The number of hydrogen-bond donors (Lipinski definition) is 1. The number of halogens is 2. The zero-order valence-corrected chi connectivity index (χ0v) is 12.1. The summed E-state index contributed by atoms with van der Waals surface area (Å²) in [5.74, 6) is 0.367. The molecule has 1 aromatic rings. The lowest BCUT2D eigenvalue weighted by atomic mass is 9.99. The minimum absolute atomic E-state index is 0.242. The number of rotatable bonds is 8. The van der Waals surface area contributed by atoms with Crippen molar-refractivity contribution in [3.8, 4) is 0 Å². The molecule has 0 aliphatic heterocycles. The topological polar surface area (TPSA) is 12.0 Å². The molecule has 0 aliphatic rings. The fraction of sp³-hybridized carbons (Fsp3) is 0.600. The monoisotopic (exact) mass is 271 g/mol. The molecule has 0 aliphatic carbocycles. The van der Waals surface area contributed by atoms with Crippen LogP contribution >= 0.6 is 11.6 Å². The molecule has 102 valence electrons. The van der Waals surface area contributed by atoms with E-state index in [9.17, 15) is 4.39 Å². The zero-order valence-electron chi connectivity index (χ0n) is 11.3. The van der Waals surface area contributed by atoms with Crippen LogP contribution in [0, 0.1) is 11.7 Å². The van der Waals surface area contributed by atoms with Crippen molar-refractivity contribution in [1.82, 2.24) is 5.32 Å². The fourth-order valence-corrected chi connectivity index (χ4v) is 2.23. The number of nitrogens with one attached hydrogen (secondary N) is 1. The van der Waals surface area contributed by atoms with Gasteiger partial charge in [-0.3, -0.25) is 0 Å². The van der Waals surface area contributed by atoms with Crippen LogP contribution in [0.2, 0.25) is 5.02 Å². The zero-order chi connectivity index (χ0) is 13.4. The molecule has 0 amide bonds. The normalized spacial score (nSPS) is 12.7. The Hall–Kier alpha value is -0.600. The highest BCUT2D eigenvalue weighted by atomic mass is 35.5. The third-order valence-corrected chi connectivity index (χ3v) is 3.75. The quantitative estimate of drug-likeness (QED) is 0.717. The first-order chi connectivity index (χ1) is 8.69. The summed E-state index contributed by atoms with van der Waals surface area (Å²) in [5.41, 5.74) is 0.835. The van der Waals surface area contributed by atoms with Gasteiger partial charge in [0.25, 0.3) is 0 Å². The lowest BCUT2D eigenvalue weighted by Gasteiger charge is -2.15. The van der Waals surface area contributed by atoms with Gasteiger partial charge < -0.3 is 5.32 Å². The van der Waals surface area contributed by atoms with Crippen molar-refractivity contribution in [3.63, 3.8) is 0 Å². The van der Waals surface area contributed by atoms with Gasteiger partial charge in [0, 0.05) is 6.54 Å². The molecule has 0 saturated heterocycles. The molecule has 1 unspecified atom stereocenters. The van der Waals surface area contributed by atoms with Gasteiger partial charge in [0.2, 0.25) is 0 Å². The third-order valence-electron chi connectivity index (χ3n) is 3.32. The summed E-state index contributed by atoms with van der Waals surface area (Å²) in [6, 6.07) is 4.96. The Morgan fingerprint density at radius 1 is 1.33 bits per heavy atom. The molecule has 0 aromatic heterocycles.